The molecule has 1 atom stereocenters. The molecule has 1 aromatic rings. The maximum Gasteiger partial charge on any atom is 0.130 e. The van der Waals surface area contributed by atoms with Crippen LogP contribution in [0.2, 0.25) is 0 Å². The molecule has 0 spiro atoms. The molecule has 4 nitrogen and oxygen atoms in total. The average Bonchev–Trinajstić information content (AvgIpc) is 2.34. The van der Waals surface area contributed by atoms with Crippen LogP contribution in [-0.4, -0.2) is 23.8 Å². The minimum absolute atomic E-state index is 0.0645. The standard InChI is InChI=1S/C13H18N2O2/c1-10(2)15-12(7-14)9-17-13-6-4-3-5-11(13)8-16/h3-6,10,12,15-16H,8-9H2,1-2H3. The summed E-state index contributed by atoms with van der Waals surface area (Å²) in [4.78, 5) is 0. The largest absolute Gasteiger partial charge is 0.490 e. The van der Waals surface area contributed by atoms with Crippen molar-refractivity contribution >= 4 is 0 Å². The van der Waals surface area contributed by atoms with Crippen LogP contribution in [0.4, 0.5) is 0 Å². The Balaban J connectivity index is 2.57. The van der Waals surface area contributed by atoms with E-state index < -0.39 is 0 Å². The highest BCUT2D eigenvalue weighted by atomic mass is 16.5. The SMILES string of the molecule is CC(C)NC(C#N)COc1ccccc1CO. The smallest absolute Gasteiger partial charge is 0.130 e. The van der Waals surface area contributed by atoms with Crippen LogP contribution < -0.4 is 10.1 Å². The lowest BCUT2D eigenvalue weighted by Gasteiger charge is -2.16. The van der Waals surface area contributed by atoms with Crippen LogP contribution >= 0.6 is 0 Å². The van der Waals surface area contributed by atoms with Crippen molar-refractivity contribution in [1.82, 2.24) is 5.32 Å². The predicted octanol–water partition coefficient (Wildman–Crippen LogP) is 1.45. The van der Waals surface area contributed by atoms with Gasteiger partial charge in [0.2, 0.25) is 0 Å². The summed E-state index contributed by atoms with van der Waals surface area (Å²) in [5, 5.41) is 21.2. The minimum Gasteiger partial charge on any atom is -0.490 e. The van der Waals surface area contributed by atoms with E-state index in [4.69, 9.17) is 15.1 Å². The maximum atomic E-state index is 9.13. The Labute approximate surface area is 102 Å². The molecular formula is C13H18N2O2. The lowest BCUT2D eigenvalue weighted by molar-refractivity contribution is 0.252. The van der Waals surface area contributed by atoms with Crippen molar-refractivity contribution in [3.63, 3.8) is 0 Å². The lowest BCUT2D eigenvalue weighted by Crippen LogP contribution is -2.38. The molecule has 0 aliphatic heterocycles. The molecule has 92 valence electrons. The van der Waals surface area contributed by atoms with Crippen molar-refractivity contribution in [3.05, 3.63) is 29.8 Å². The highest BCUT2D eigenvalue weighted by Crippen LogP contribution is 2.17. The summed E-state index contributed by atoms with van der Waals surface area (Å²) in [5.74, 6) is 0.626. The van der Waals surface area contributed by atoms with E-state index >= 15 is 0 Å². The molecule has 1 aromatic carbocycles. The molecule has 0 aromatic heterocycles. The van der Waals surface area contributed by atoms with Gasteiger partial charge in [-0.2, -0.15) is 5.26 Å². The Morgan fingerprint density at radius 3 is 2.71 bits per heavy atom. The van der Waals surface area contributed by atoms with Gasteiger partial charge in [-0.25, -0.2) is 0 Å². The van der Waals surface area contributed by atoms with Crippen molar-refractivity contribution < 1.29 is 9.84 Å². The number of para-hydroxylation sites is 1. The first-order valence-corrected chi connectivity index (χ1v) is 5.64. The second kappa shape index (κ2) is 6.89. The van der Waals surface area contributed by atoms with E-state index in [0.717, 1.165) is 5.56 Å². The molecule has 0 heterocycles. The van der Waals surface area contributed by atoms with E-state index in [1.165, 1.54) is 0 Å². The molecule has 2 N–H and O–H groups in total. The van der Waals surface area contributed by atoms with Gasteiger partial charge in [-0.1, -0.05) is 18.2 Å². The van der Waals surface area contributed by atoms with Crippen LogP contribution in [0.5, 0.6) is 5.75 Å². The number of hydrogen-bond acceptors (Lipinski definition) is 4. The monoisotopic (exact) mass is 234 g/mol. The number of ether oxygens (including phenoxy) is 1. The summed E-state index contributed by atoms with van der Waals surface area (Å²) in [7, 11) is 0. The van der Waals surface area contributed by atoms with Crippen molar-refractivity contribution in [2.75, 3.05) is 6.61 Å². The number of aliphatic hydroxyl groups excluding tert-OH is 1. The summed E-state index contributed by atoms with van der Waals surface area (Å²) in [6, 6.07) is 9.29. The molecule has 1 unspecified atom stereocenters. The van der Waals surface area contributed by atoms with Crippen LogP contribution in [0.1, 0.15) is 19.4 Å². The number of nitrogens with zero attached hydrogens (tertiary/aromatic N) is 1. The predicted molar refractivity (Wildman–Crippen MR) is 65.5 cm³/mol. The Morgan fingerprint density at radius 2 is 2.12 bits per heavy atom. The van der Waals surface area contributed by atoms with E-state index in [9.17, 15) is 0 Å². The third-order valence-corrected chi connectivity index (χ3v) is 2.24. The molecule has 0 fully saturated rings. The number of rotatable bonds is 6. The van der Waals surface area contributed by atoms with Gasteiger partial charge in [0.25, 0.3) is 0 Å². The normalized spacial score (nSPS) is 12.2. The minimum atomic E-state index is -0.346. The van der Waals surface area contributed by atoms with Gasteiger partial charge >= 0.3 is 0 Å². The van der Waals surface area contributed by atoms with E-state index in [-0.39, 0.29) is 25.3 Å². The molecule has 0 amide bonds. The second-order valence-corrected chi connectivity index (χ2v) is 4.08. The number of hydrogen-bond donors (Lipinski definition) is 2. The molecule has 0 aliphatic rings. The third-order valence-electron chi connectivity index (χ3n) is 2.24. The lowest BCUT2D eigenvalue weighted by atomic mass is 10.2. The van der Waals surface area contributed by atoms with Gasteiger partial charge in [-0.15, -0.1) is 0 Å². The molecule has 4 heteroatoms. The fourth-order valence-electron chi connectivity index (χ4n) is 1.47. The maximum absolute atomic E-state index is 9.13. The average molecular weight is 234 g/mol. The van der Waals surface area contributed by atoms with Gasteiger partial charge in [0, 0.05) is 11.6 Å². The van der Waals surface area contributed by atoms with Gasteiger partial charge in [-0.3, -0.25) is 5.32 Å². The van der Waals surface area contributed by atoms with Crippen LogP contribution in [0.3, 0.4) is 0 Å². The Hall–Kier alpha value is -1.57. The first-order valence-electron chi connectivity index (χ1n) is 5.64. The van der Waals surface area contributed by atoms with Crippen LogP contribution in [0.25, 0.3) is 0 Å². The number of nitrogens with one attached hydrogen (secondary N) is 1. The quantitative estimate of drug-likeness (QED) is 0.782. The molecule has 0 aliphatic carbocycles. The summed E-state index contributed by atoms with van der Waals surface area (Å²) >= 11 is 0. The summed E-state index contributed by atoms with van der Waals surface area (Å²) in [5.41, 5.74) is 0.730. The van der Waals surface area contributed by atoms with E-state index in [2.05, 4.69) is 11.4 Å². The number of benzene rings is 1. The van der Waals surface area contributed by atoms with Gasteiger partial charge in [0.05, 0.1) is 12.7 Å². The molecule has 0 bridgehead atoms. The van der Waals surface area contributed by atoms with Crippen LogP contribution in [0.15, 0.2) is 24.3 Å². The molecule has 0 saturated heterocycles. The zero-order valence-corrected chi connectivity index (χ0v) is 10.2. The van der Waals surface area contributed by atoms with Crippen molar-refractivity contribution in [1.29, 1.82) is 5.26 Å². The summed E-state index contributed by atoms with van der Waals surface area (Å²) < 4.78 is 5.54. The fraction of sp³-hybridized carbons (Fsp3) is 0.462. The van der Waals surface area contributed by atoms with Gasteiger partial charge < -0.3 is 9.84 Å². The van der Waals surface area contributed by atoms with Crippen molar-refractivity contribution in [3.8, 4) is 11.8 Å². The van der Waals surface area contributed by atoms with Gasteiger partial charge in [0.1, 0.15) is 18.4 Å². The number of aliphatic hydroxyl groups is 1. The topological polar surface area (TPSA) is 65.3 Å². The molecular weight excluding hydrogens is 216 g/mol. The van der Waals surface area contributed by atoms with Gasteiger partial charge in [-0.05, 0) is 19.9 Å². The zero-order valence-electron chi connectivity index (χ0n) is 10.2. The molecule has 17 heavy (non-hydrogen) atoms. The summed E-state index contributed by atoms with van der Waals surface area (Å²) in [6.45, 7) is 4.16. The van der Waals surface area contributed by atoms with Crippen LogP contribution in [-0.2, 0) is 6.61 Å². The summed E-state index contributed by atoms with van der Waals surface area (Å²) in [6.07, 6.45) is 0. The Kier molecular flexibility index (Phi) is 5.47. The first-order chi connectivity index (χ1) is 8.17. The highest BCUT2D eigenvalue weighted by molar-refractivity contribution is 5.32. The third kappa shape index (κ3) is 4.43. The zero-order chi connectivity index (χ0) is 12.7. The number of nitriles is 1. The fourth-order valence-corrected chi connectivity index (χ4v) is 1.47. The molecule has 0 radical (unpaired) electrons. The van der Waals surface area contributed by atoms with E-state index in [1.807, 2.05) is 26.0 Å². The first kappa shape index (κ1) is 13.5. The highest BCUT2D eigenvalue weighted by Gasteiger charge is 2.10. The van der Waals surface area contributed by atoms with E-state index in [1.54, 1.807) is 12.1 Å². The Bertz CT molecular complexity index is 385. The van der Waals surface area contributed by atoms with Crippen LogP contribution in [0, 0.1) is 11.3 Å². The second-order valence-electron chi connectivity index (χ2n) is 4.08. The van der Waals surface area contributed by atoms with Gasteiger partial charge in [0.15, 0.2) is 0 Å². The molecule has 1 rings (SSSR count). The Morgan fingerprint density at radius 1 is 1.41 bits per heavy atom. The van der Waals surface area contributed by atoms with Crippen molar-refractivity contribution in [2.45, 2.75) is 32.5 Å². The molecule has 0 saturated carbocycles. The van der Waals surface area contributed by atoms with Crippen molar-refractivity contribution in [2.24, 2.45) is 0 Å². The van der Waals surface area contributed by atoms with E-state index in [0.29, 0.717) is 5.75 Å².